The SMILES string of the molecule is COC(=O)c1ccc(C2(O)CCN(C)CC2)o1. The van der Waals surface area contributed by atoms with Crippen molar-refractivity contribution in [1.29, 1.82) is 0 Å². The molecule has 1 saturated heterocycles. The number of likely N-dealkylation sites (tertiary alicyclic amines) is 1. The summed E-state index contributed by atoms with van der Waals surface area (Å²) in [5, 5.41) is 10.5. The monoisotopic (exact) mass is 239 g/mol. The minimum atomic E-state index is -0.960. The van der Waals surface area contributed by atoms with E-state index >= 15 is 0 Å². The molecule has 0 amide bonds. The number of nitrogens with zero attached hydrogens (tertiary/aromatic N) is 1. The number of rotatable bonds is 2. The molecule has 0 saturated carbocycles. The fraction of sp³-hybridized carbons (Fsp3) is 0.583. The summed E-state index contributed by atoms with van der Waals surface area (Å²) in [6.45, 7) is 1.62. The van der Waals surface area contributed by atoms with E-state index in [4.69, 9.17) is 4.42 Å². The Morgan fingerprint density at radius 3 is 2.71 bits per heavy atom. The van der Waals surface area contributed by atoms with Crippen LogP contribution in [0.1, 0.15) is 29.2 Å². The van der Waals surface area contributed by atoms with Crippen LogP contribution in [0.2, 0.25) is 0 Å². The summed E-state index contributed by atoms with van der Waals surface area (Å²) < 4.78 is 9.94. The van der Waals surface area contributed by atoms with Crippen LogP contribution in [0.3, 0.4) is 0 Å². The maximum atomic E-state index is 11.3. The third kappa shape index (κ3) is 2.35. The first-order valence-electron chi connectivity index (χ1n) is 5.65. The van der Waals surface area contributed by atoms with Crippen LogP contribution in [-0.2, 0) is 10.3 Å². The van der Waals surface area contributed by atoms with E-state index < -0.39 is 11.6 Å². The molecule has 1 aliphatic rings. The molecule has 2 rings (SSSR count). The molecule has 0 aliphatic carbocycles. The third-order valence-corrected chi connectivity index (χ3v) is 3.27. The van der Waals surface area contributed by atoms with Crippen LogP contribution < -0.4 is 0 Å². The van der Waals surface area contributed by atoms with Crippen LogP contribution in [0.15, 0.2) is 16.5 Å². The van der Waals surface area contributed by atoms with Crippen molar-refractivity contribution in [2.75, 3.05) is 27.2 Å². The lowest BCUT2D eigenvalue weighted by Gasteiger charge is -2.34. The van der Waals surface area contributed by atoms with Gasteiger partial charge in [0.1, 0.15) is 11.4 Å². The summed E-state index contributed by atoms with van der Waals surface area (Å²) in [5.74, 6) is 0.0635. The predicted molar refractivity (Wildman–Crippen MR) is 60.7 cm³/mol. The van der Waals surface area contributed by atoms with Crippen LogP contribution in [-0.4, -0.2) is 43.2 Å². The van der Waals surface area contributed by atoms with Gasteiger partial charge in [-0.1, -0.05) is 0 Å². The first kappa shape index (κ1) is 12.1. The summed E-state index contributed by atoms with van der Waals surface area (Å²) in [6, 6.07) is 3.19. The van der Waals surface area contributed by atoms with Crippen molar-refractivity contribution in [3.05, 3.63) is 23.7 Å². The zero-order valence-electron chi connectivity index (χ0n) is 10.1. The Kier molecular flexibility index (Phi) is 3.22. The number of ether oxygens (including phenoxy) is 1. The van der Waals surface area contributed by atoms with Gasteiger partial charge in [-0.3, -0.25) is 0 Å². The highest BCUT2D eigenvalue weighted by Crippen LogP contribution is 2.33. The number of esters is 1. The molecule has 94 valence electrons. The van der Waals surface area contributed by atoms with Crippen LogP contribution >= 0.6 is 0 Å². The molecule has 1 aliphatic heterocycles. The number of aliphatic hydroxyl groups is 1. The summed E-state index contributed by atoms with van der Waals surface area (Å²) >= 11 is 0. The fourth-order valence-electron chi connectivity index (χ4n) is 2.03. The Hall–Kier alpha value is -1.33. The molecule has 5 heteroatoms. The lowest BCUT2D eigenvalue weighted by molar-refractivity contribution is -0.0378. The highest BCUT2D eigenvalue weighted by atomic mass is 16.5. The van der Waals surface area contributed by atoms with Gasteiger partial charge in [-0.15, -0.1) is 0 Å². The second kappa shape index (κ2) is 4.50. The highest BCUT2D eigenvalue weighted by molar-refractivity contribution is 5.86. The molecule has 5 nitrogen and oxygen atoms in total. The first-order valence-corrected chi connectivity index (χ1v) is 5.65. The van der Waals surface area contributed by atoms with E-state index in [0.29, 0.717) is 18.6 Å². The van der Waals surface area contributed by atoms with E-state index in [-0.39, 0.29) is 5.76 Å². The predicted octanol–water partition coefficient (Wildman–Crippen LogP) is 0.979. The van der Waals surface area contributed by atoms with Crippen molar-refractivity contribution in [3.8, 4) is 0 Å². The molecular weight excluding hydrogens is 222 g/mol. The molecule has 0 aromatic carbocycles. The van der Waals surface area contributed by atoms with Gasteiger partial charge in [-0.25, -0.2) is 4.79 Å². The van der Waals surface area contributed by atoms with E-state index in [1.807, 2.05) is 7.05 Å². The number of hydrogen-bond donors (Lipinski definition) is 1. The van der Waals surface area contributed by atoms with Crippen molar-refractivity contribution in [2.24, 2.45) is 0 Å². The summed E-state index contributed by atoms with van der Waals surface area (Å²) in [4.78, 5) is 13.4. The number of furan rings is 1. The Morgan fingerprint density at radius 1 is 1.47 bits per heavy atom. The third-order valence-electron chi connectivity index (χ3n) is 3.27. The standard InChI is InChI=1S/C12H17NO4/c1-13-7-5-12(15,6-8-13)10-4-3-9(17-10)11(14)16-2/h3-4,15H,5-8H2,1-2H3. The number of carbonyl (C=O) groups is 1. The zero-order chi connectivity index (χ0) is 12.5. The molecule has 1 aromatic heterocycles. The van der Waals surface area contributed by atoms with Gasteiger partial charge in [0.2, 0.25) is 5.76 Å². The summed E-state index contributed by atoms with van der Waals surface area (Å²) in [6.07, 6.45) is 1.22. The van der Waals surface area contributed by atoms with Crippen molar-refractivity contribution in [3.63, 3.8) is 0 Å². The quantitative estimate of drug-likeness (QED) is 0.779. The van der Waals surface area contributed by atoms with Crippen LogP contribution in [0.5, 0.6) is 0 Å². The van der Waals surface area contributed by atoms with E-state index in [1.165, 1.54) is 13.2 Å². The molecule has 1 N–H and O–H groups in total. The summed E-state index contributed by atoms with van der Waals surface area (Å²) in [5.41, 5.74) is -0.960. The van der Waals surface area contributed by atoms with Gasteiger partial charge >= 0.3 is 5.97 Å². The van der Waals surface area contributed by atoms with Gasteiger partial charge in [-0.05, 0) is 32.0 Å². The second-order valence-corrected chi connectivity index (χ2v) is 4.49. The van der Waals surface area contributed by atoms with E-state index in [2.05, 4.69) is 9.64 Å². The first-order chi connectivity index (χ1) is 8.05. The van der Waals surface area contributed by atoms with Gasteiger partial charge in [-0.2, -0.15) is 0 Å². The van der Waals surface area contributed by atoms with E-state index in [0.717, 1.165) is 13.1 Å². The van der Waals surface area contributed by atoms with E-state index in [9.17, 15) is 9.90 Å². The Balaban J connectivity index is 2.16. The minimum absolute atomic E-state index is 0.134. The highest BCUT2D eigenvalue weighted by Gasteiger charge is 2.36. The number of carbonyl (C=O) groups excluding carboxylic acids is 1. The topological polar surface area (TPSA) is 62.9 Å². The molecule has 1 aromatic rings. The molecular formula is C12H17NO4. The second-order valence-electron chi connectivity index (χ2n) is 4.49. The van der Waals surface area contributed by atoms with Crippen molar-refractivity contribution < 1.29 is 19.1 Å². The molecule has 0 spiro atoms. The molecule has 17 heavy (non-hydrogen) atoms. The maximum absolute atomic E-state index is 11.3. The maximum Gasteiger partial charge on any atom is 0.373 e. The van der Waals surface area contributed by atoms with Crippen LogP contribution in [0.4, 0.5) is 0 Å². The lowest BCUT2D eigenvalue weighted by atomic mass is 9.89. The number of hydrogen-bond acceptors (Lipinski definition) is 5. The molecule has 0 bridgehead atoms. The number of piperidine rings is 1. The normalized spacial score (nSPS) is 20.2. The molecule has 1 fully saturated rings. The Morgan fingerprint density at radius 2 is 2.12 bits per heavy atom. The zero-order valence-corrected chi connectivity index (χ0v) is 10.1. The largest absolute Gasteiger partial charge is 0.463 e. The minimum Gasteiger partial charge on any atom is -0.463 e. The summed E-state index contributed by atoms with van der Waals surface area (Å²) in [7, 11) is 3.32. The molecule has 2 heterocycles. The Bertz CT molecular complexity index is 404. The lowest BCUT2D eigenvalue weighted by Crippen LogP contribution is -2.40. The van der Waals surface area contributed by atoms with Crippen molar-refractivity contribution >= 4 is 5.97 Å². The average Bonchev–Trinajstić information content (AvgIpc) is 2.82. The van der Waals surface area contributed by atoms with Gasteiger partial charge in [0.05, 0.1) is 7.11 Å². The smallest absolute Gasteiger partial charge is 0.373 e. The van der Waals surface area contributed by atoms with E-state index in [1.54, 1.807) is 6.07 Å². The number of methoxy groups -OCH3 is 1. The van der Waals surface area contributed by atoms with Gasteiger partial charge in [0.15, 0.2) is 0 Å². The van der Waals surface area contributed by atoms with Gasteiger partial charge < -0.3 is 19.2 Å². The van der Waals surface area contributed by atoms with Crippen LogP contribution in [0, 0.1) is 0 Å². The Labute approximate surface area is 100.0 Å². The van der Waals surface area contributed by atoms with Crippen LogP contribution in [0.25, 0.3) is 0 Å². The molecule has 0 atom stereocenters. The fourth-order valence-corrected chi connectivity index (χ4v) is 2.03. The molecule has 0 radical (unpaired) electrons. The van der Waals surface area contributed by atoms with Crippen molar-refractivity contribution in [2.45, 2.75) is 18.4 Å². The van der Waals surface area contributed by atoms with Crippen molar-refractivity contribution in [1.82, 2.24) is 4.90 Å². The molecule has 0 unspecified atom stereocenters. The average molecular weight is 239 g/mol. The van der Waals surface area contributed by atoms with Gasteiger partial charge in [0.25, 0.3) is 0 Å². The van der Waals surface area contributed by atoms with Gasteiger partial charge in [0, 0.05) is 13.1 Å².